The van der Waals surface area contributed by atoms with Crippen LogP contribution in [0.1, 0.15) is 32.4 Å². The van der Waals surface area contributed by atoms with Gasteiger partial charge in [-0.3, -0.25) is 0 Å². The SMILES string of the molecule is CC1COCCOCCOc2cc(C(C)N)ccc2OCC(C)O1. The second kappa shape index (κ2) is 9.84. The molecule has 0 saturated carbocycles. The number of rotatable bonds is 1. The summed E-state index contributed by atoms with van der Waals surface area (Å²) >= 11 is 0. The van der Waals surface area contributed by atoms with Crippen LogP contribution < -0.4 is 15.2 Å². The van der Waals surface area contributed by atoms with Crippen LogP contribution in [0.15, 0.2) is 18.2 Å². The standard InChI is InChI=1S/C18H29NO5/c1-13-11-21-7-6-20-8-9-22-18-10-16(15(3)19)4-5-17(18)23-12-14(2)24-13/h4-5,10,13-15H,6-9,11-12,19H2,1-3H3. The Morgan fingerprint density at radius 2 is 1.62 bits per heavy atom. The molecule has 0 fully saturated rings. The molecule has 1 aromatic carbocycles. The summed E-state index contributed by atoms with van der Waals surface area (Å²) in [6.45, 7) is 8.91. The summed E-state index contributed by atoms with van der Waals surface area (Å²) in [4.78, 5) is 0. The number of hydrogen-bond donors (Lipinski definition) is 1. The summed E-state index contributed by atoms with van der Waals surface area (Å²) < 4.78 is 28.6. The molecule has 0 spiro atoms. The molecule has 6 nitrogen and oxygen atoms in total. The maximum atomic E-state index is 5.96. The minimum Gasteiger partial charge on any atom is -0.487 e. The molecular formula is C18H29NO5. The van der Waals surface area contributed by atoms with E-state index >= 15 is 0 Å². The van der Waals surface area contributed by atoms with E-state index in [0.717, 1.165) is 5.56 Å². The Bertz CT molecular complexity index is 494. The predicted octanol–water partition coefficient (Wildman–Crippen LogP) is 2.30. The van der Waals surface area contributed by atoms with Crippen LogP contribution >= 0.6 is 0 Å². The molecular weight excluding hydrogens is 310 g/mol. The molecule has 24 heavy (non-hydrogen) atoms. The van der Waals surface area contributed by atoms with E-state index in [4.69, 9.17) is 29.4 Å². The lowest BCUT2D eigenvalue weighted by atomic mass is 10.1. The van der Waals surface area contributed by atoms with Gasteiger partial charge in [0, 0.05) is 6.04 Å². The third kappa shape index (κ3) is 6.28. The third-order valence-electron chi connectivity index (χ3n) is 3.64. The van der Waals surface area contributed by atoms with Crippen LogP contribution in [-0.2, 0) is 14.2 Å². The van der Waals surface area contributed by atoms with Gasteiger partial charge in [-0.2, -0.15) is 0 Å². The molecule has 2 rings (SSSR count). The van der Waals surface area contributed by atoms with Crippen molar-refractivity contribution < 1.29 is 23.7 Å². The number of benzene rings is 1. The van der Waals surface area contributed by atoms with Crippen LogP contribution in [0.5, 0.6) is 11.5 Å². The maximum Gasteiger partial charge on any atom is 0.161 e. The van der Waals surface area contributed by atoms with Crippen molar-refractivity contribution >= 4 is 0 Å². The molecule has 0 aliphatic carbocycles. The fourth-order valence-corrected chi connectivity index (χ4v) is 2.40. The molecule has 0 amide bonds. The van der Waals surface area contributed by atoms with E-state index in [0.29, 0.717) is 51.1 Å². The molecule has 1 aliphatic heterocycles. The van der Waals surface area contributed by atoms with E-state index in [9.17, 15) is 0 Å². The quantitative estimate of drug-likeness (QED) is 0.846. The Hall–Kier alpha value is -1.34. The number of fused-ring (bicyclic) bond motifs is 1. The molecule has 3 atom stereocenters. The fraction of sp³-hybridized carbons (Fsp3) is 0.667. The highest BCUT2D eigenvalue weighted by Crippen LogP contribution is 2.30. The van der Waals surface area contributed by atoms with E-state index in [1.807, 2.05) is 39.0 Å². The van der Waals surface area contributed by atoms with Crippen molar-refractivity contribution in [2.75, 3.05) is 39.6 Å². The average molecular weight is 339 g/mol. The first-order chi connectivity index (χ1) is 11.6. The van der Waals surface area contributed by atoms with Gasteiger partial charge in [-0.1, -0.05) is 6.07 Å². The van der Waals surface area contributed by atoms with Gasteiger partial charge in [0.2, 0.25) is 0 Å². The van der Waals surface area contributed by atoms with Crippen LogP contribution in [0, 0.1) is 0 Å². The van der Waals surface area contributed by atoms with Crippen molar-refractivity contribution in [1.29, 1.82) is 0 Å². The first-order valence-electron chi connectivity index (χ1n) is 8.52. The van der Waals surface area contributed by atoms with E-state index in [2.05, 4.69) is 0 Å². The van der Waals surface area contributed by atoms with Gasteiger partial charge in [-0.05, 0) is 38.5 Å². The predicted molar refractivity (Wildman–Crippen MR) is 91.7 cm³/mol. The highest BCUT2D eigenvalue weighted by atomic mass is 16.6. The van der Waals surface area contributed by atoms with Gasteiger partial charge in [0.25, 0.3) is 0 Å². The third-order valence-corrected chi connectivity index (χ3v) is 3.64. The first kappa shape index (κ1) is 19.0. The second-order valence-corrected chi connectivity index (χ2v) is 6.10. The maximum absolute atomic E-state index is 5.96. The summed E-state index contributed by atoms with van der Waals surface area (Å²) in [5.74, 6) is 1.37. The molecule has 0 bridgehead atoms. The highest BCUT2D eigenvalue weighted by molar-refractivity contribution is 5.43. The van der Waals surface area contributed by atoms with E-state index in [1.54, 1.807) is 0 Å². The average Bonchev–Trinajstić information content (AvgIpc) is 2.55. The van der Waals surface area contributed by atoms with Gasteiger partial charge in [-0.25, -0.2) is 0 Å². The molecule has 0 saturated heterocycles. The molecule has 3 unspecified atom stereocenters. The number of hydrogen-bond acceptors (Lipinski definition) is 6. The molecule has 1 aromatic rings. The smallest absolute Gasteiger partial charge is 0.161 e. The Morgan fingerprint density at radius 3 is 2.42 bits per heavy atom. The lowest BCUT2D eigenvalue weighted by Crippen LogP contribution is -2.26. The van der Waals surface area contributed by atoms with E-state index in [1.165, 1.54) is 0 Å². The van der Waals surface area contributed by atoms with Crippen molar-refractivity contribution in [3.63, 3.8) is 0 Å². The lowest BCUT2D eigenvalue weighted by molar-refractivity contribution is -0.0615. The van der Waals surface area contributed by atoms with Gasteiger partial charge < -0.3 is 29.4 Å². The fourth-order valence-electron chi connectivity index (χ4n) is 2.40. The normalized spacial score (nSPS) is 25.3. The Morgan fingerprint density at radius 1 is 0.917 bits per heavy atom. The molecule has 1 aliphatic rings. The van der Waals surface area contributed by atoms with Crippen molar-refractivity contribution in [3.05, 3.63) is 23.8 Å². The highest BCUT2D eigenvalue weighted by Gasteiger charge is 2.14. The van der Waals surface area contributed by atoms with Crippen LogP contribution in [0.3, 0.4) is 0 Å². The van der Waals surface area contributed by atoms with Gasteiger partial charge in [-0.15, -0.1) is 0 Å². The number of ether oxygens (including phenoxy) is 5. The molecule has 0 aromatic heterocycles. The number of nitrogens with two attached hydrogens (primary N) is 1. The van der Waals surface area contributed by atoms with Crippen LogP contribution in [0.25, 0.3) is 0 Å². The van der Waals surface area contributed by atoms with Crippen molar-refractivity contribution in [2.24, 2.45) is 5.73 Å². The largest absolute Gasteiger partial charge is 0.487 e. The second-order valence-electron chi connectivity index (χ2n) is 6.10. The summed E-state index contributed by atoms with van der Waals surface area (Å²) in [7, 11) is 0. The minimum absolute atomic E-state index is 0.00455. The van der Waals surface area contributed by atoms with Crippen molar-refractivity contribution in [3.8, 4) is 11.5 Å². The van der Waals surface area contributed by atoms with Crippen molar-refractivity contribution in [2.45, 2.75) is 39.0 Å². The molecule has 6 heteroatoms. The summed E-state index contributed by atoms with van der Waals surface area (Å²) in [6.07, 6.45) is -0.0455. The van der Waals surface area contributed by atoms with Gasteiger partial charge in [0.15, 0.2) is 11.5 Å². The lowest BCUT2D eigenvalue weighted by Gasteiger charge is -2.20. The van der Waals surface area contributed by atoms with Gasteiger partial charge in [0.1, 0.15) is 13.2 Å². The van der Waals surface area contributed by atoms with Crippen LogP contribution in [0.2, 0.25) is 0 Å². The molecule has 136 valence electrons. The van der Waals surface area contributed by atoms with Gasteiger partial charge in [0.05, 0.1) is 38.6 Å². The Balaban J connectivity index is 2.08. The first-order valence-corrected chi connectivity index (χ1v) is 8.52. The zero-order valence-electron chi connectivity index (χ0n) is 14.8. The molecule has 1 heterocycles. The van der Waals surface area contributed by atoms with E-state index < -0.39 is 0 Å². The van der Waals surface area contributed by atoms with E-state index in [-0.39, 0.29) is 18.2 Å². The summed E-state index contributed by atoms with van der Waals surface area (Å²) in [6, 6.07) is 5.72. The Kier molecular flexibility index (Phi) is 7.78. The zero-order valence-corrected chi connectivity index (χ0v) is 14.8. The van der Waals surface area contributed by atoms with Crippen LogP contribution in [-0.4, -0.2) is 51.8 Å². The monoisotopic (exact) mass is 339 g/mol. The zero-order chi connectivity index (χ0) is 17.4. The topological polar surface area (TPSA) is 72.2 Å². The van der Waals surface area contributed by atoms with Gasteiger partial charge >= 0.3 is 0 Å². The summed E-state index contributed by atoms with van der Waals surface area (Å²) in [5.41, 5.74) is 6.96. The summed E-state index contributed by atoms with van der Waals surface area (Å²) in [5, 5.41) is 0. The molecule has 2 N–H and O–H groups in total. The Labute approximate surface area is 144 Å². The van der Waals surface area contributed by atoms with Crippen molar-refractivity contribution in [1.82, 2.24) is 0 Å². The molecule has 0 radical (unpaired) electrons. The van der Waals surface area contributed by atoms with Crippen LogP contribution in [0.4, 0.5) is 0 Å². The minimum atomic E-state index is -0.0630.